The Labute approximate surface area is 141 Å². The molecule has 0 aliphatic rings. The summed E-state index contributed by atoms with van der Waals surface area (Å²) < 4.78 is 5.68. The number of nitrogens with zero attached hydrogens (tertiary/aromatic N) is 1. The second-order valence-corrected chi connectivity index (χ2v) is 5.94. The molecule has 0 bridgehead atoms. The lowest BCUT2D eigenvalue weighted by Crippen LogP contribution is -2.38. The number of benzene rings is 2. The molecule has 5 heteroatoms. The predicted molar refractivity (Wildman–Crippen MR) is 93.9 cm³/mol. The Morgan fingerprint density at radius 2 is 1.83 bits per heavy atom. The highest BCUT2D eigenvalue weighted by Gasteiger charge is 2.19. The third kappa shape index (κ3) is 3.56. The molecular weight excluding hydrogens is 302 g/mol. The molecule has 0 radical (unpaired) electrons. The number of carbonyl (C=O) groups is 1. The summed E-state index contributed by atoms with van der Waals surface area (Å²) >= 11 is 0. The van der Waals surface area contributed by atoms with Crippen LogP contribution < -0.4 is 10.1 Å². The summed E-state index contributed by atoms with van der Waals surface area (Å²) in [6.45, 7) is 5.64. The van der Waals surface area contributed by atoms with Crippen molar-refractivity contribution in [1.29, 1.82) is 0 Å². The second kappa shape index (κ2) is 6.74. The molecule has 2 N–H and O–H groups in total. The van der Waals surface area contributed by atoms with Crippen molar-refractivity contribution in [2.75, 3.05) is 0 Å². The lowest BCUT2D eigenvalue weighted by atomic mass is 10.2. The first-order valence-electron chi connectivity index (χ1n) is 8.01. The molecule has 0 spiro atoms. The number of H-pyrrole nitrogens is 1. The van der Waals surface area contributed by atoms with E-state index in [1.54, 1.807) is 6.92 Å². The number of carbonyl (C=O) groups excluding carboxylic acids is 1. The molecular formula is C19H21N3O2. The fourth-order valence-corrected chi connectivity index (χ4v) is 2.45. The highest BCUT2D eigenvalue weighted by molar-refractivity contribution is 5.81. The maximum atomic E-state index is 12.3. The number of amides is 1. The summed E-state index contributed by atoms with van der Waals surface area (Å²) in [5, 5.41) is 2.93. The fourth-order valence-electron chi connectivity index (χ4n) is 2.45. The summed E-state index contributed by atoms with van der Waals surface area (Å²) in [6, 6.07) is 15.2. The first kappa shape index (κ1) is 16.1. The molecule has 3 rings (SSSR count). The van der Waals surface area contributed by atoms with Crippen molar-refractivity contribution in [1.82, 2.24) is 15.3 Å². The van der Waals surface area contributed by atoms with Crippen molar-refractivity contribution in [3.05, 3.63) is 59.9 Å². The van der Waals surface area contributed by atoms with E-state index in [1.165, 1.54) is 0 Å². The number of ether oxygens (including phenoxy) is 1. The molecule has 5 nitrogen and oxygen atoms in total. The van der Waals surface area contributed by atoms with Gasteiger partial charge in [-0.25, -0.2) is 4.98 Å². The minimum atomic E-state index is -0.584. The Kier molecular flexibility index (Phi) is 4.51. The third-order valence-electron chi connectivity index (χ3n) is 3.88. The normalized spacial score (nSPS) is 13.5. The molecule has 1 heterocycles. The van der Waals surface area contributed by atoms with Crippen LogP contribution in [0.3, 0.4) is 0 Å². The van der Waals surface area contributed by atoms with Crippen LogP contribution in [0.2, 0.25) is 0 Å². The Balaban J connectivity index is 1.63. The zero-order valence-corrected chi connectivity index (χ0v) is 14.0. The quantitative estimate of drug-likeness (QED) is 0.755. The molecule has 2 atom stereocenters. The molecule has 124 valence electrons. The Hall–Kier alpha value is -2.82. The number of hydrogen-bond acceptors (Lipinski definition) is 3. The van der Waals surface area contributed by atoms with Crippen LogP contribution in [0, 0.1) is 6.92 Å². The van der Waals surface area contributed by atoms with E-state index in [9.17, 15) is 4.79 Å². The largest absolute Gasteiger partial charge is 0.481 e. The molecule has 0 fully saturated rings. The van der Waals surface area contributed by atoms with Crippen LogP contribution in [-0.2, 0) is 4.79 Å². The Morgan fingerprint density at radius 3 is 2.54 bits per heavy atom. The molecule has 0 saturated heterocycles. The number of para-hydroxylation sites is 2. The number of fused-ring (bicyclic) bond motifs is 1. The monoisotopic (exact) mass is 323 g/mol. The van der Waals surface area contributed by atoms with Crippen molar-refractivity contribution in [3.8, 4) is 5.75 Å². The number of imidazole rings is 1. The van der Waals surface area contributed by atoms with Crippen LogP contribution in [0.5, 0.6) is 5.75 Å². The van der Waals surface area contributed by atoms with Gasteiger partial charge in [0.05, 0.1) is 17.1 Å². The zero-order valence-electron chi connectivity index (χ0n) is 14.0. The van der Waals surface area contributed by atoms with Gasteiger partial charge in [0, 0.05) is 0 Å². The van der Waals surface area contributed by atoms with Crippen LogP contribution in [0.25, 0.3) is 11.0 Å². The molecule has 0 aliphatic heterocycles. The van der Waals surface area contributed by atoms with Gasteiger partial charge in [-0.2, -0.15) is 0 Å². The van der Waals surface area contributed by atoms with E-state index in [0.29, 0.717) is 5.75 Å². The molecule has 1 aromatic heterocycles. The van der Waals surface area contributed by atoms with E-state index in [-0.39, 0.29) is 11.9 Å². The van der Waals surface area contributed by atoms with E-state index in [1.807, 2.05) is 62.4 Å². The van der Waals surface area contributed by atoms with Crippen molar-refractivity contribution >= 4 is 16.9 Å². The highest BCUT2D eigenvalue weighted by atomic mass is 16.5. The summed E-state index contributed by atoms with van der Waals surface area (Å²) in [7, 11) is 0. The topological polar surface area (TPSA) is 67.0 Å². The van der Waals surface area contributed by atoms with Gasteiger partial charge < -0.3 is 15.0 Å². The van der Waals surface area contributed by atoms with Gasteiger partial charge in [-0.05, 0) is 45.0 Å². The van der Waals surface area contributed by atoms with Gasteiger partial charge in [-0.1, -0.05) is 29.8 Å². The molecule has 0 aliphatic carbocycles. The van der Waals surface area contributed by atoms with Gasteiger partial charge >= 0.3 is 0 Å². The molecule has 0 unspecified atom stereocenters. The number of aromatic nitrogens is 2. The summed E-state index contributed by atoms with van der Waals surface area (Å²) in [6.07, 6.45) is -0.584. The Morgan fingerprint density at radius 1 is 1.12 bits per heavy atom. The van der Waals surface area contributed by atoms with E-state index in [0.717, 1.165) is 22.4 Å². The zero-order chi connectivity index (χ0) is 17.1. The summed E-state index contributed by atoms with van der Waals surface area (Å²) in [4.78, 5) is 20.1. The lowest BCUT2D eigenvalue weighted by molar-refractivity contribution is -0.128. The second-order valence-electron chi connectivity index (χ2n) is 5.94. The van der Waals surface area contributed by atoms with Gasteiger partial charge in [0.1, 0.15) is 11.6 Å². The molecule has 0 saturated carbocycles. The number of aryl methyl sites for hydroxylation is 1. The lowest BCUT2D eigenvalue weighted by Gasteiger charge is -2.17. The smallest absolute Gasteiger partial charge is 0.261 e. The number of aromatic amines is 1. The molecule has 2 aromatic carbocycles. The van der Waals surface area contributed by atoms with Crippen LogP contribution in [-0.4, -0.2) is 22.0 Å². The van der Waals surface area contributed by atoms with Crippen LogP contribution in [0.4, 0.5) is 0 Å². The number of rotatable bonds is 5. The fraction of sp³-hybridized carbons (Fsp3) is 0.263. The van der Waals surface area contributed by atoms with E-state index >= 15 is 0 Å². The van der Waals surface area contributed by atoms with E-state index < -0.39 is 6.10 Å². The standard InChI is InChI=1S/C19H21N3O2/c1-12-8-10-15(11-9-12)24-14(3)19(23)20-13(2)18-21-16-6-4-5-7-17(16)22-18/h4-11,13-14H,1-3H3,(H,20,23)(H,21,22)/t13-,14+/m1/s1. The molecule has 1 amide bonds. The van der Waals surface area contributed by atoms with Gasteiger partial charge in [0.25, 0.3) is 5.91 Å². The van der Waals surface area contributed by atoms with Crippen molar-refractivity contribution in [2.24, 2.45) is 0 Å². The van der Waals surface area contributed by atoms with Crippen LogP contribution >= 0.6 is 0 Å². The van der Waals surface area contributed by atoms with Crippen LogP contribution in [0.1, 0.15) is 31.3 Å². The number of hydrogen-bond donors (Lipinski definition) is 2. The van der Waals surface area contributed by atoms with Crippen molar-refractivity contribution in [2.45, 2.75) is 32.9 Å². The Bertz CT molecular complexity index is 806. The maximum absolute atomic E-state index is 12.3. The van der Waals surface area contributed by atoms with Gasteiger partial charge in [-0.15, -0.1) is 0 Å². The first-order chi connectivity index (χ1) is 11.5. The van der Waals surface area contributed by atoms with E-state index in [2.05, 4.69) is 15.3 Å². The summed E-state index contributed by atoms with van der Waals surface area (Å²) in [5.41, 5.74) is 2.99. The van der Waals surface area contributed by atoms with Crippen molar-refractivity contribution in [3.63, 3.8) is 0 Å². The average Bonchev–Trinajstić information content (AvgIpc) is 3.01. The van der Waals surface area contributed by atoms with Gasteiger partial charge in [-0.3, -0.25) is 4.79 Å². The maximum Gasteiger partial charge on any atom is 0.261 e. The first-order valence-corrected chi connectivity index (χ1v) is 8.01. The van der Waals surface area contributed by atoms with Crippen molar-refractivity contribution < 1.29 is 9.53 Å². The van der Waals surface area contributed by atoms with Gasteiger partial charge in [0.2, 0.25) is 0 Å². The van der Waals surface area contributed by atoms with Gasteiger partial charge in [0.15, 0.2) is 6.10 Å². The minimum Gasteiger partial charge on any atom is -0.481 e. The predicted octanol–water partition coefficient (Wildman–Crippen LogP) is 3.52. The number of nitrogens with one attached hydrogen (secondary N) is 2. The minimum absolute atomic E-state index is 0.177. The van der Waals surface area contributed by atoms with E-state index in [4.69, 9.17) is 4.74 Å². The molecule has 3 aromatic rings. The summed E-state index contributed by atoms with van der Waals surface area (Å²) in [5.74, 6) is 1.23. The molecule has 24 heavy (non-hydrogen) atoms. The SMILES string of the molecule is Cc1ccc(O[C@@H](C)C(=O)N[C@H](C)c2nc3ccccc3[nH]2)cc1. The third-order valence-corrected chi connectivity index (χ3v) is 3.88. The average molecular weight is 323 g/mol. The van der Waals surface area contributed by atoms with Crippen LogP contribution in [0.15, 0.2) is 48.5 Å². The highest BCUT2D eigenvalue weighted by Crippen LogP contribution is 2.17.